The highest BCUT2D eigenvalue weighted by molar-refractivity contribution is 5.95. The third-order valence-electron chi connectivity index (χ3n) is 7.81. The van der Waals surface area contributed by atoms with Crippen molar-refractivity contribution in [3.63, 3.8) is 0 Å². The topological polar surface area (TPSA) is 85.3 Å². The van der Waals surface area contributed by atoms with Crippen LogP contribution in [0.5, 0.6) is 0 Å². The molecule has 0 radical (unpaired) electrons. The second kappa shape index (κ2) is 9.98. The molecule has 0 spiro atoms. The van der Waals surface area contributed by atoms with Gasteiger partial charge in [0.25, 0.3) is 5.91 Å². The monoisotopic (exact) mass is 515 g/mol. The maximum atomic E-state index is 13.9. The molecule has 2 atom stereocenters. The molecule has 2 heterocycles. The van der Waals surface area contributed by atoms with Gasteiger partial charge >= 0.3 is 5.97 Å². The molecule has 0 bridgehead atoms. The van der Waals surface area contributed by atoms with Crippen molar-refractivity contribution in [1.82, 2.24) is 4.90 Å². The van der Waals surface area contributed by atoms with Gasteiger partial charge in [-0.2, -0.15) is 4.89 Å². The van der Waals surface area contributed by atoms with Gasteiger partial charge in [0.2, 0.25) is 5.79 Å². The number of piperidine rings is 1. The van der Waals surface area contributed by atoms with E-state index in [1.807, 2.05) is 68.4 Å². The van der Waals surface area contributed by atoms with Gasteiger partial charge in [0.05, 0.1) is 6.61 Å². The predicted octanol–water partition coefficient (Wildman–Crippen LogP) is 4.68. The Morgan fingerprint density at radius 1 is 0.895 bits per heavy atom. The van der Waals surface area contributed by atoms with Gasteiger partial charge in [-0.15, -0.1) is 0 Å². The number of carbonyl (C=O) groups is 2. The Bertz CT molecular complexity index is 1260. The maximum absolute atomic E-state index is 13.9. The summed E-state index contributed by atoms with van der Waals surface area (Å²) < 4.78 is 5.57. The van der Waals surface area contributed by atoms with Gasteiger partial charge in [0, 0.05) is 31.5 Å². The maximum Gasteiger partial charge on any atom is 0.319 e. The van der Waals surface area contributed by atoms with Gasteiger partial charge in [0.1, 0.15) is 5.41 Å². The molecule has 1 amide bonds. The molecule has 0 aromatic heterocycles. The summed E-state index contributed by atoms with van der Waals surface area (Å²) in [5.41, 5.74) is 1.33. The number of aryl methyl sites for hydroxylation is 2. The molecule has 1 N–H and O–H groups in total. The summed E-state index contributed by atoms with van der Waals surface area (Å²) in [5, 5.41) is 11.8. The smallest absolute Gasteiger partial charge is 0.319 e. The third-order valence-corrected chi connectivity index (χ3v) is 7.81. The second-order valence-electron chi connectivity index (χ2n) is 10.3. The summed E-state index contributed by atoms with van der Waals surface area (Å²) in [6.07, 6.45) is 0.00227. The molecule has 7 nitrogen and oxygen atoms in total. The summed E-state index contributed by atoms with van der Waals surface area (Å²) in [5.74, 6) is -2.83. The van der Waals surface area contributed by atoms with Crippen molar-refractivity contribution < 1.29 is 29.2 Å². The number of aliphatic hydroxyl groups is 1. The molecule has 7 heteroatoms. The van der Waals surface area contributed by atoms with Crippen molar-refractivity contribution in [3.05, 3.63) is 107 Å². The quantitative estimate of drug-likeness (QED) is 0.392. The Balaban J connectivity index is 1.65. The van der Waals surface area contributed by atoms with E-state index < -0.39 is 22.8 Å². The zero-order chi connectivity index (χ0) is 27.0. The Labute approximate surface area is 222 Å². The molecular weight excluding hydrogens is 482 g/mol. The molecule has 5 rings (SSSR count). The minimum atomic E-state index is -1.98. The van der Waals surface area contributed by atoms with E-state index in [1.165, 1.54) is 0 Å². The number of ether oxygens (including phenoxy) is 1. The fourth-order valence-electron chi connectivity index (χ4n) is 5.58. The van der Waals surface area contributed by atoms with Crippen molar-refractivity contribution in [2.24, 2.45) is 5.41 Å². The summed E-state index contributed by atoms with van der Waals surface area (Å²) in [6.45, 7) is 5.93. The molecule has 2 saturated heterocycles. The highest BCUT2D eigenvalue weighted by Gasteiger charge is 2.69. The first-order valence-electron chi connectivity index (χ1n) is 13.0. The highest BCUT2D eigenvalue weighted by Crippen LogP contribution is 2.56. The molecule has 0 aliphatic carbocycles. The van der Waals surface area contributed by atoms with Gasteiger partial charge in [0.15, 0.2) is 5.60 Å². The van der Waals surface area contributed by atoms with Crippen molar-refractivity contribution in [1.29, 1.82) is 0 Å². The van der Waals surface area contributed by atoms with Crippen molar-refractivity contribution in [3.8, 4) is 0 Å². The van der Waals surface area contributed by atoms with Crippen LogP contribution in [0.3, 0.4) is 0 Å². The van der Waals surface area contributed by atoms with Crippen LogP contribution in [0.15, 0.2) is 78.9 Å². The lowest BCUT2D eigenvalue weighted by Crippen LogP contribution is -2.70. The van der Waals surface area contributed by atoms with Crippen LogP contribution < -0.4 is 0 Å². The fourth-order valence-corrected chi connectivity index (χ4v) is 5.58. The summed E-state index contributed by atoms with van der Waals surface area (Å²) in [7, 11) is 0. The number of carbonyl (C=O) groups excluding carboxylic acids is 2. The van der Waals surface area contributed by atoms with E-state index in [0.717, 1.165) is 22.3 Å². The lowest BCUT2D eigenvalue weighted by atomic mass is 9.64. The molecule has 3 aromatic carbocycles. The van der Waals surface area contributed by atoms with Crippen LogP contribution in [0, 0.1) is 19.3 Å². The Morgan fingerprint density at radius 2 is 1.47 bits per heavy atom. The largest absolute Gasteiger partial charge is 0.465 e. The van der Waals surface area contributed by atoms with Gasteiger partial charge in [-0.25, -0.2) is 4.89 Å². The number of esters is 1. The van der Waals surface area contributed by atoms with Gasteiger partial charge in [-0.05, 0) is 44.0 Å². The molecule has 198 valence electrons. The normalized spacial score (nSPS) is 24.4. The van der Waals surface area contributed by atoms with E-state index in [-0.39, 0.29) is 38.4 Å². The number of nitrogens with zero attached hydrogens (tertiary/aromatic N) is 1. The van der Waals surface area contributed by atoms with E-state index in [9.17, 15) is 14.7 Å². The van der Waals surface area contributed by atoms with E-state index in [4.69, 9.17) is 14.5 Å². The van der Waals surface area contributed by atoms with Crippen LogP contribution in [0.4, 0.5) is 0 Å². The second-order valence-corrected chi connectivity index (χ2v) is 10.3. The molecule has 2 aliphatic rings. The van der Waals surface area contributed by atoms with Gasteiger partial charge in [-0.1, -0.05) is 77.9 Å². The van der Waals surface area contributed by atoms with E-state index in [2.05, 4.69) is 0 Å². The van der Waals surface area contributed by atoms with Crippen LogP contribution in [0.1, 0.15) is 52.4 Å². The van der Waals surface area contributed by atoms with E-state index >= 15 is 0 Å². The SMILES string of the molecule is CCOC(=O)C12CN(C(=O)c3ccccc3)CCC1(O)OOC(c1ccc(C)cc1)(c1ccc(C)cc1)C2. The first-order chi connectivity index (χ1) is 18.2. The molecular formula is C31H33NO6. The van der Waals surface area contributed by atoms with Gasteiger partial charge < -0.3 is 14.7 Å². The lowest BCUT2D eigenvalue weighted by Gasteiger charge is -2.56. The highest BCUT2D eigenvalue weighted by atomic mass is 17.2. The average Bonchev–Trinajstić information content (AvgIpc) is 2.93. The molecule has 38 heavy (non-hydrogen) atoms. The number of benzene rings is 3. The standard InChI is InChI=1S/C31H33NO6/c1-4-36-28(34)29-20-30(25-14-10-22(2)11-15-25,26-16-12-23(3)13-17-26)37-38-31(29,35)18-19-32(21-29)27(33)24-8-6-5-7-9-24/h5-17,35H,4,18-21H2,1-3H3. The number of amides is 1. The van der Waals surface area contributed by atoms with Crippen LogP contribution >= 0.6 is 0 Å². The van der Waals surface area contributed by atoms with Crippen LogP contribution in [0.2, 0.25) is 0 Å². The summed E-state index contributed by atoms with van der Waals surface area (Å²) in [6, 6.07) is 24.6. The summed E-state index contributed by atoms with van der Waals surface area (Å²) >= 11 is 0. The zero-order valence-corrected chi connectivity index (χ0v) is 22.0. The molecule has 2 unspecified atom stereocenters. The first-order valence-corrected chi connectivity index (χ1v) is 13.0. The van der Waals surface area contributed by atoms with Crippen molar-refractivity contribution in [2.45, 2.75) is 45.0 Å². The van der Waals surface area contributed by atoms with Crippen LogP contribution in [-0.4, -0.2) is 47.4 Å². The number of hydrogen-bond acceptors (Lipinski definition) is 6. The Kier molecular flexibility index (Phi) is 6.86. The van der Waals surface area contributed by atoms with Crippen LogP contribution in [0.25, 0.3) is 0 Å². The average molecular weight is 516 g/mol. The predicted molar refractivity (Wildman–Crippen MR) is 141 cm³/mol. The minimum absolute atomic E-state index is 0.0116. The number of rotatable bonds is 5. The first kappa shape index (κ1) is 26.1. The number of likely N-dealkylation sites (tertiary alicyclic amines) is 1. The number of hydrogen-bond donors (Lipinski definition) is 1. The third kappa shape index (κ3) is 4.30. The van der Waals surface area contributed by atoms with Crippen molar-refractivity contribution in [2.75, 3.05) is 19.7 Å². The molecule has 3 aromatic rings. The molecule has 2 aliphatic heterocycles. The minimum Gasteiger partial charge on any atom is -0.465 e. The summed E-state index contributed by atoms with van der Waals surface area (Å²) in [4.78, 5) is 41.0. The van der Waals surface area contributed by atoms with E-state index in [0.29, 0.717) is 5.56 Å². The van der Waals surface area contributed by atoms with Crippen LogP contribution in [-0.2, 0) is 24.9 Å². The molecule has 0 saturated carbocycles. The Morgan fingerprint density at radius 3 is 2.03 bits per heavy atom. The lowest BCUT2D eigenvalue weighted by molar-refractivity contribution is -0.516. The fraction of sp³-hybridized carbons (Fsp3) is 0.355. The van der Waals surface area contributed by atoms with Crippen molar-refractivity contribution >= 4 is 11.9 Å². The van der Waals surface area contributed by atoms with Gasteiger partial charge in [-0.3, -0.25) is 9.59 Å². The Hall–Kier alpha value is -3.52. The zero-order valence-electron chi connectivity index (χ0n) is 22.0. The number of fused-ring (bicyclic) bond motifs is 1. The molecule has 2 fully saturated rings. The van der Waals surface area contributed by atoms with E-state index in [1.54, 1.807) is 36.1 Å².